The van der Waals surface area contributed by atoms with E-state index in [-0.39, 0.29) is 0 Å². The van der Waals surface area contributed by atoms with Crippen molar-refractivity contribution in [3.63, 3.8) is 0 Å². The van der Waals surface area contributed by atoms with Crippen LogP contribution < -0.4 is 4.90 Å². The molecule has 9 heteroatoms. The number of ether oxygens (including phenoxy) is 1. The Morgan fingerprint density at radius 3 is 2.59 bits per heavy atom. The summed E-state index contributed by atoms with van der Waals surface area (Å²) in [5.41, 5.74) is 1.20. The van der Waals surface area contributed by atoms with Crippen molar-refractivity contribution in [2.45, 2.75) is 19.8 Å². The van der Waals surface area contributed by atoms with Gasteiger partial charge in [0.15, 0.2) is 4.67 Å². The third-order valence-corrected chi connectivity index (χ3v) is 5.67. The van der Waals surface area contributed by atoms with E-state index in [1.54, 1.807) is 0 Å². The van der Waals surface area contributed by atoms with E-state index >= 15 is 0 Å². The second kappa shape index (κ2) is 9.25. The van der Waals surface area contributed by atoms with Gasteiger partial charge in [0, 0.05) is 13.1 Å². The van der Waals surface area contributed by atoms with Crippen LogP contribution in [0.2, 0.25) is 0 Å². The Labute approximate surface area is 183 Å². The fourth-order valence-corrected chi connectivity index (χ4v) is 3.99. The second-order valence-electron chi connectivity index (χ2n) is 7.11. The van der Waals surface area contributed by atoms with Gasteiger partial charge in [0.25, 0.3) is 0 Å². The van der Waals surface area contributed by atoms with Crippen molar-refractivity contribution in [1.82, 2.24) is 19.2 Å². The fourth-order valence-electron chi connectivity index (χ4n) is 3.40. The minimum absolute atomic E-state index is 0.580. The number of anilines is 1. The molecule has 3 heterocycles. The van der Waals surface area contributed by atoms with Crippen LogP contribution in [0, 0.1) is 4.77 Å². The van der Waals surface area contributed by atoms with E-state index < -0.39 is 0 Å². The molecule has 2 aromatic heterocycles. The molecule has 29 heavy (non-hydrogen) atoms. The summed E-state index contributed by atoms with van der Waals surface area (Å²) in [5.74, 6) is 1.79. The van der Waals surface area contributed by atoms with Gasteiger partial charge in [0.05, 0.1) is 33.0 Å². The van der Waals surface area contributed by atoms with E-state index in [1.807, 2.05) is 42.1 Å². The van der Waals surface area contributed by atoms with Crippen LogP contribution in [-0.4, -0.2) is 52.6 Å². The summed E-state index contributed by atoms with van der Waals surface area (Å²) >= 11 is 9.17. The first-order chi connectivity index (χ1) is 14.1. The average Bonchev–Trinajstić information content (AvgIpc) is 3.27. The molecule has 0 N–H and O–H groups in total. The first-order valence-electron chi connectivity index (χ1n) is 9.57. The number of aromatic nitrogens is 3. The Balaban J connectivity index is 1.59. The van der Waals surface area contributed by atoms with Gasteiger partial charge in [-0.25, -0.2) is 4.68 Å². The number of hydrogen-bond acceptors (Lipinski definition) is 6. The zero-order valence-corrected chi connectivity index (χ0v) is 18.7. The molecule has 1 aromatic carbocycles. The van der Waals surface area contributed by atoms with E-state index in [9.17, 15) is 0 Å². The van der Waals surface area contributed by atoms with E-state index in [4.69, 9.17) is 26.5 Å². The molecule has 0 bridgehead atoms. The van der Waals surface area contributed by atoms with Gasteiger partial charge in [-0.3, -0.25) is 9.47 Å². The van der Waals surface area contributed by atoms with Crippen LogP contribution >= 0.6 is 28.1 Å². The molecule has 0 amide bonds. The van der Waals surface area contributed by atoms with Gasteiger partial charge >= 0.3 is 0 Å². The lowest BCUT2D eigenvalue weighted by Gasteiger charge is -2.27. The molecule has 1 fully saturated rings. The van der Waals surface area contributed by atoms with Crippen LogP contribution in [-0.2, 0) is 24.5 Å². The van der Waals surface area contributed by atoms with Gasteiger partial charge in [-0.1, -0.05) is 30.3 Å². The number of morpholine rings is 1. The Bertz CT molecular complexity index is 994. The minimum atomic E-state index is 0.580. The smallest absolute Gasteiger partial charge is 0.226 e. The molecule has 0 aliphatic carbocycles. The number of benzene rings is 1. The molecule has 0 spiro atoms. The highest BCUT2D eigenvalue weighted by Crippen LogP contribution is 2.19. The number of halogens is 1. The van der Waals surface area contributed by atoms with Gasteiger partial charge in [-0.05, 0) is 52.9 Å². The molecule has 1 aliphatic rings. The summed E-state index contributed by atoms with van der Waals surface area (Å²) in [6.45, 7) is 4.99. The number of rotatable bonds is 7. The van der Waals surface area contributed by atoms with Crippen LogP contribution in [0.25, 0.3) is 0 Å². The van der Waals surface area contributed by atoms with Gasteiger partial charge in [0.2, 0.25) is 10.7 Å². The molecule has 0 saturated carbocycles. The number of nitrogens with zero attached hydrogens (tertiary/aromatic N) is 5. The molecular formula is C20H24BrN5O2S. The number of furan rings is 1. The summed E-state index contributed by atoms with van der Waals surface area (Å²) < 4.78 is 16.6. The second-order valence-corrected chi connectivity index (χ2v) is 8.26. The SMILES string of the molecule is CN(Cc1ccc(Br)o1)Cn1nc(N2CCOCC2)n(Cc2ccccc2)c1=S. The van der Waals surface area contributed by atoms with E-state index in [1.165, 1.54) is 5.56 Å². The minimum Gasteiger partial charge on any atom is -0.453 e. The zero-order chi connectivity index (χ0) is 20.2. The molecule has 0 atom stereocenters. The maximum atomic E-state index is 5.82. The molecule has 3 aromatic rings. The molecule has 154 valence electrons. The Hall–Kier alpha value is -1.94. The average molecular weight is 478 g/mol. The topological polar surface area (TPSA) is 51.6 Å². The summed E-state index contributed by atoms with van der Waals surface area (Å²) in [6.07, 6.45) is 0. The van der Waals surface area contributed by atoms with Gasteiger partial charge < -0.3 is 14.1 Å². The van der Waals surface area contributed by atoms with Crippen molar-refractivity contribution in [3.05, 3.63) is 63.2 Å². The zero-order valence-electron chi connectivity index (χ0n) is 16.3. The Morgan fingerprint density at radius 2 is 1.90 bits per heavy atom. The third-order valence-electron chi connectivity index (χ3n) is 4.81. The van der Waals surface area contributed by atoms with E-state index in [0.717, 1.165) is 29.5 Å². The highest BCUT2D eigenvalue weighted by atomic mass is 79.9. The third kappa shape index (κ3) is 4.98. The van der Waals surface area contributed by atoms with Gasteiger partial charge in [-0.2, -0.15) is 0 Å². The van der Waals surface area contributed by atoms with Gasteiger partial charge in [0.1, 0.15) is 5.76 Å². The lowest BCUT2D eigenvalue weighted by Crippen LogP contribution is -2.38. The van der Waals surface area contributed by atoms with Crippen LogP contribution in [0.4, 0.5) is 5.95 Å². The molecule has 1 saturated heterocycles. The van der Waals surface area contributed by atoms with Crippen molar-refractivity contribution in [2.24, 2.45) is 0 Å². The van der Waals surface area contributed by atoms with Crippen molar-refractivity contribution < 1.29 is 9.15 Å². The predicted octanol–water partition coefficient (Wildman–Crippen LogP) is 3.74. The monoisotopic (exact) mass is 477 g/mol. The van der Waals surface area contributed by atoms with Crippen molar-refractivity contribution in [2.75, 3.05) is 38.3 Å². The predicted molar refractivity (Wildman–Crippen MR) is 118 cm³/mol. The van der Waals surface area contributed by atoms with Crippen LogP contribution in [0.3, 0.4) is 0 Å². The molecule has 0 radical (unpaired) electrons. The van der Waals surface area contributed by atoms with E-state index in [0.29, 0.717) is 37.7 Å². The first kappa shape index (κ1) is 20.3. The highest BCUT2D eigenvalue weighted by Gasteiger charge is 2.20. The van der Waals surface area contributed by atoms with Crippen LogP contribution in [0.15, 0.2) is 51.6 Å². The first-order valence-corrected chi connectivity index (χ1v) is 10.8. The Kier molecular flexibility index (Phi) is 6.49. The maximum Gasteiger partial charge on any atom is 0.226 e. The summed E-state index contributed by atoms with van der Waals surface area (Å²) in [5, 5.41) is 4.88. The Morgan fingerprint density at radius 1 is 1.14 bits per heavy atom. The standard InChI is InChI=1S/C20H24BrN5O2S/c1-23(14-17-7-8-18(21)28-17)15-26-20(29)25(13-16-5-3-2-4-6-16)19(22-26)24-9-11-27-12-10-24/h2-8H,9-15H2,1H3. The lowest BCUT2D eigenvalue weighted by molar-refractivity contribution is 0.121. The van der Waals surface area contributed by atoms with Gasteiger partial charge in [-0.15, -0.1) is 5.10 Å². The van der Waals surface area contributed by atoms with Crippen molar-refractivity contribution in [1.29, 1.82) is 0 Å². The summed E-state index contributed by atoms with van der Waals surface area (Å²) in [7, 11) is 2.03. The summed E-state index contributed by atoms with van der Waals surface area (Å²) in [6, 6.07) is 14.2. The fraction of sp³-hybridized carbons (Fsp3) is 0.400. The normalized spacial score (nSPS) is 14.7. The molecular weight excluding hydrogens is 454 g/mol. The molecule has 7 nitrogen and oxygen atoms in total. The van der Waals surface area contributed by atoms with E-state index in [2.05, 4.69) is 42.4 Å². The maximum absolute atomic E-state index is 5.82. The lowest BCUT2D eigenvalue weighted by atomic mass is 10.2. The van der Waals surface area contributed by atoms with Crippen molar-refractivity contribution >= 4 is 34.1 Å². The quantitative estimate of drug-likeness (QED) is 0.483. The van der Waals surface area contributed by atoms with Crippen LogP contribution in [0.5, 0.6) is 0 Å². The number of hydrogen-bond donors (Lipinski definition) is 0. The molecule has 1 aliphatic heterocycles. The van der Waals surface area contributed by atoms with Crippen LogP contribution in [0.1, 0.15) is 11.3 Å². The molecule has 4 rings (SSSR count). The summed E-state index contributed by atoms with van der Waals surface area (Å²) in [4.78, 5) is 4.38. The highest BCUT2D eigenvalue weighted by molar-refractivity contribution is 9.10. The largest absolute Gasteiger partial charge is 0.453 e. The molecule has 0 unspecified atom stereocenters. The van der Waals surface area contributed by atoms with Crippen molar-refractivity contribution in [3.8, 4) is 0 Å².